The second-order valence-electron chi connectivity index (χ2n) is 3.90. The molecular weight excluding hydrogens is 188 g/mol. The second kappa shape index (κ2) is 4.96. The lowest BCUT2D eigenvalue weighted by Crippen LogP contribution is -2.02. The molecule has 0 fully saturated rings. The van der Waals surface area contributed by atoms with Crippen LogP contribution in [0.15, 0.2) is 18.2 Å². The first kappa shape index (κ1) is 11.8. The lowest BCUT2D eigenvalue weighted by molar-refractivity contribution is 0.101. The lowest BCUT2D eigenvalue weighted by Gasteiger charge is -2.12. The summed E-state index contributed by atoms with van der Waals surface area (Å²) in [6.45, 7) is 8.32. The molecule has 0 unspecified atom stereocenters. The molecule has 0 atom stereocenters. The highest BCUT2D eigenvalue weighted by molar-refractivity contribution is 5.96. The molecule has 0 radical (unpaired) electrons. The van der Waals surface area contributed by atoms with Crippen LogP contribution in [0.2, 0.25) is 0 Å². The van der Waals surface area contributed by atoms with Crippen molar-refractivity contribution in [3.63, 3.8) is 0 Å². The van der Waals surface area contributed by atoms with Crippen LogP contribution in [0, 0.1) is 0 Å². The van der Waals surface area contributed by atoms with E-state index in [-0.39, 0.29) is 5.78 Å². The van der Waals surface area contributed by atoms with Gasteiger partial charge in [0.05, 0.1) is 12.2 Å². The highest BCUT2D eigenvalue weighted by Gasteiger charge is 2.10. The van der Waals surface area contributed by atoms with Crippen LogP contribution >= 0.6 is 0 Å². The minimum absolute atomic E-state index is 0.0498. The zero-order valence-corrected chi connectivity index (χ0v) is 9.83. The summed E-state index contributed by atoms with van der Waals surface area (Å²) in [6.07, 6.45) is 0. The Morgan fingerprint density at radius 2 is 2.07 bits per heavy atom. The van der Waals surface area contributed by atoms with Crippen LogP contribution in [0.5, 0.6) is 5.75 Å². The maximum atomic E-state index is 11.3. The standard InChI is InChI=1S/C13H18O2/c1-5-15-13-8-11(9(2)3)6-7-12(13)10(4)14/h6-9H,5H2,1-4H3. The van der Waals surface area contributed by atoms with Crippen LogP contribution in [-0.4, -0.2) is 12.4 Å². The monoisotopic (exact) mass is 206 g/mol. The number of ether oxygens (including phenoxy) is 1. The number of Topliss-reactive ketones (excluding diaryl/α,β-unsaturated/α-hetero) is 1. The molecule has 0 N–H and O–H groups in total. The van der Waals surface area contributed by atoms with Gasteiger partial charge in [-0.1, -0.05) is 19.9 Å². The summed E-state index contributed by atoms with van der Waals surface area (Å²) in [5.41, 5.74) is 1.87. The quantitative estimate of drug-likeness (QED) is 0.706. The number of rotatable bonds is 4. The fraction of sp³-hybridized carbons (Fsp3) is 0.462. The molecule has 15 heavy (non-hydrogen) atoms. The maximum Gasteiger partial charge on any atom is 0.163 e. The molecule has 0 heterocycles. The third kappa shape index (κ3) is 2.82. The van der Waals surface area contributed by atoms with Gasteiger partial charge in [-0.15, -0.1) is 0 Å². The Balaban J connectivity index is 3.14. The maximum absolute atomic E-state index is 11.3. The van der Waals surface area contributed by atoms with E-state index < -0.39 is 0 Å². The van der Waals surface area contributed by atoms with Gasteiger partial charge in [-0.3, -0.25) is 4.79 Å². The van der Waals surface area contributed by atoms with Crippen molar-refractivity contribution >= 4 is 5.78 Å². The first-order valence-electron chi connectivity index (χ1n) is 5.34. The molecule has 0 spiro atoms. The first-order valence-corrected chi connectivity index (χ1v) is 5.34. The molecule has 0 aromatic heterocycles. The Hall–Kier alpha value is -1.31. The van der Waals surface area contributed by atoms with Gasteiger partial charge in [-0.25, -0.2) is 0 Å². The smallest absolute Gasteiger partial charge is 0.163 e. The summed E-state index contributed by atoms with van der Waals surface area (Å²) >= 11 is 0. The predicted octanol–water partition coefficient (Wildman–Crippen LogP) is 3.41. The van der Waals surface area contributed by atoms with Crippen LogP contribution < -0.4 is 4.74 Å². The summed E-state index contributed by atoms with van der Waals surface area (Å²) < 4.78 is 5.47. The van der Waals surface area contributed by atoms with Crippen LogP contribution in [0.4, 0.5) is 0 Å². The van der Waals surface area contributed by atoms with E-state index in [1.165, 1.54) is 5.56 Å². The van der Waals surface area contributed by atoms with Gasteiger partial charge < -0.3 is 4.74 Å². The molecule has 0 saturated heterocycles. The Morgan fingerprint density at radius 3 is 2.53 bits per heavy atom. The van der Waals surface area contributed by atoms with Crippen molar-refractivity contribution in [3.05, 3.63) is 29.3 Å². The molecule has 0 saturated carbocycles. The van der Waals surface area contributed by atoms with Crippen LogP contribution in [0.1, 0.15) is 49.5 Å². The third-order valence-electron chi connectivity index (χ3n) is 2.35. The molecule has 2 heteroatoms. The van der Waals surface area contributed by atoms with Crippen molar-refractivity contribution in [2.45, 2.75) is 33.6 Å². The van der Waals surface area contributed by atoms with Gasteiger partial charge in [0.1, 0.15) is 5.75 Å². The number of carbonyl (C=O) groups is 1. The van der Waals surface area contributed by atoms with Crippen molar-refractivity contribution in [2.24, 2.45) is 0 Å². The second-order valence-corrected chi connectivity index (χ2v) is 3.90. The Labute approximate surface area is 91.3 Å². The largest absolute Gasteiger partial charge is 0.493 e. The fourth-order valence-corrected chi connectivity index (χ4v) is 1.46. The zero-order chi connectivity index (χ0) is 11.4. The van der Waals surface area contributed by atoms with Crippen molar-refractivity contribution < 1.29 is 9.53 Å². The van der Waals surface area contributed by atoms with Crippen molar-refractivity contribution in [2.75, 3.05) is 6.61 Å². The van der Waals surface area contributed by atoms with E-state index in [2.05, 4.69) is 13.8 Å². The van der Waals surface area contributed by atoms with E-state index in [9.17, 15) is 4.79 Å². The average Bonchev–Trinajstić information content (AvgIpc) is 2.17. The highest BCUT2D eigenvalue weighted by atomic mass is 16.5. The number of hydrogen-bond donors (Lipinski definition) is 0. The normalized spacial score (nSPS) is 10.5. The molecule has 1 aromatic carbocycles. The molecule has 0 aliphatic heterocycles. The van der Waals surface area contributed by atoms with E-state index in [1.807, 2.05) is 25.1 Å². The third-order valence-corrected chi connectivity index (χ3v) is 2.35. The number of hydrogen-bond acceptors (Lipinski definition) is 2. The molecule has 0 amide bonds. The number of benzene rings is 1. The highest BCUT2D eigenvalue weighted by Crippen LogP contribution is 2.25. The SMILES string of the molecule is CCOc1cc(C(C)C)ccc1C(C)=O. The zero-order valence-electron chi connectivity index (χ0n) is 9.83. The minimum Gasteiger partial charge on any atom is -0.493 e. The van der Waals surface area contributed by atoms with Gasteiger partial charge in [0, 0.05) is 0 Å². The topological polar surface area (TPSA) is 26.3 Å². The van der Waals surface area contributed by atoms with Crippen LogP contribution in [0.3, 0.4) is 0 Å². The Morgan fingerprint density at radius 1 is 1.40 bits per heavy atom. The molecule has 1 rings (SSSR count). The van der Waals surface area contributed by atoms with Gasteiger partial charge in [0.2, 0.25) is 0 Å². The molecule has 82 valence electrons. The summed E-state index contributed by atoms with van der Waals surface area (Å²) in [5, 5.41) is 0. The van der Waals surface area contributed by atoms with Crippen LogP contribution in [0.25, 0.3) is 0 Å². The van der Waals surface area contributed by atoms with E-state index in [0.717, 1.165) is 0 Å². The molecule has 0 aliphatic rings. The van der Waals surface area contributed by atoms with Gasteiger partial charge in [-0.2, -0.15) is 0 Å². The summed E-state index contributed by atoms with van der Waals surface area (Å²) in [4.78, 5) is 11.3. The average molecular weight is 206 g/mol. The van der Waals surface area contributed by atoms with Gasteiger partial charge >= 0.3 is 0 Å². The Kier molecular flexibility index (Phi) is 3.89. The van der Waals surface area contributed by atoms with E-state index >= 15 is 0 Å². The molecule has 0 aliphatic carbocycles. The summed E-state index contributed by atoms with van der Waals surface area (Å²) in [6, 6.07) is 5.80. The van der Waals surface area contributed by atoms with Crippen LogP contribution in [-0.2, 0) is 0 Å². The lowest BCUT2D eigenvalue weighted by atomic mass is 10.00. The molecule has 0 bridgehead atoms. The van der Waals surface area contributed by atoms with Crippen molar-refractivity contribution in [3.8, 4) is 5.75 Å². The van der Waals surface area contributed by atoms with Gasteiger partial charge in [0.25, 0.3) is 0 Å². The number of carbonyl (C=O) groups excluding carboxylic acids is 1. The first-order chi connectivity index (χ1) is 7.06. The van der Waals surface area contributed by atoms with E-state index in [1.54, 1.807) is 6.92 Å². The fourth-order valence-electron chi connectivity index (χ4n) is 1.46. The van der Waals surface area contributed by atoms with E-state index in [4.69, 9.17) is 4.74 Å². The predicted molar refractivity (Wildman–Crippen MR) is 61.7 cm³/mol. The minimum atomic E-state index is 0.0498. The molecule has 1 aromatic rings. The summed E-state index contributed by atoms with van der Waals surface area (Å²) in [5.74, 6) is 1.20. The molecule has 2 nitrogen and oxygen atoms in total. The summed E-state index contributed by atoms with van der Waals surface area (Å²) in [7, 11) is 0. The van der Waals surface area contributed by atoms with Gasteiger partial charge in [-0.05, 0) is 37.5 Å². The van der Waals surface area contributed by atoms with Gasteiger partial charge in [0.15, 0.2) is 5.78 Å². The number of ketones is 1. The van der Waals surface area contributed by atoms with Crippen molar-refractivity contribution in [1.82, 2.24) is 0 Å². The molecular formula is C13H18O2. The van der Waals surface area contributed by atoms with E-state index in [0.29, 0.717) is 23.8 Å². The Bertz CT molecular complexity index is 354. The van der Waals surface area contributed by atoms with Crippen molar-refractivity contribution in [1.29, 1.82) is 0 Å².